The second-order valence-electron chi connectivity index (χ2n) is 2.35. The lowest BCUT2D eigenvalue weighted by Crippen LogP contribution is -2.30. The average Bonchev–Trinajstić information content (AvgIpc) is 1.97. The van der Waals surface area contributed by atoms with Crippen molar-refractivity contribution >= 4 is 11.9 Å². The van der Waals surface area contributed by atoms with Gasteiger partial charge in [-0.25, -0.2) is 0 Å². The molecule has 0 spiro atoms. The molecular formula is C6H13N4O2. The van der Waals surface area contributed by atoms with Crippen molar-refractivity contribution in [3.8, 4) is 0 Å². The third kappa shape index (κ3) is 5.48. The second kappa shape index (κ2) is 5.36. The van der Waals surface area contributed by atoms with Crippen LogP contribution in [0, 0.1) is 0 Å². The highest BCUT2D eigenvalue weighted by Crippen LogP contribution is 1.94. The second-order valence-corrected chi connectivity index (χ2v) is 2.35. The van der Waals surface area contributed by atoms with E-state index in [9.17, 15) is 4.79 Å². The standard InChI is InChI=1S/C6H13N4O2/c7-4(5(11)12)2-1-3-10-6(8)9/h4,8H,1-3,7H2,(H2,9,10)(H,11,12). The largest absolute Gasteiger partial charge is 0.480 e. The van der Waals surface area contributed by atoms with Crippen LogP contribution >= 0.6 is 0 Å². The van der Waals surface area contributed by atoms with Crippen LogP contribution in [0.1, 0.15) is 12.8 Å². The van der Waals surface area contributed by atoms with Gasteiger partial charge in [-0.3, -0.25) is 15.5 Å². The molecule has 0 heterocycles. The fourth-order valence-electron chi connectivity index (χ4n) is 0.634. The van der Waals surface area contributed by atoms with Crippen LogP contribution in [0.5, 0.6) is 0 Å². The molecule has 0 aromatic rings. The number of hydrogen-bond donors (Lipinski definition) is 3. The van der Waals surface area contributed by atoms with Gasteiger partial charge < -0.3 is 16.6 Å². The van der Waals surface area contributed by atoms with Crippen molar-refractivity contribution in [3.05, 3.63) is 0 Å². The van der Waals surface area contributed by atoms with Crippen molar-refractivity contribution in [1.29, 1.82) is 0 Å². The third-order valence-electron chi connectivity index (χ3n) is 1.27. The molecule has 0 aliphatic heterocycles. The molecule has 0 aliphatic carbocycles. The Balaban J connectivity index is 3.44. The summed E-state index contributed by atoms with van der Waals surface area (Å²) in [6, 6.07) is -0.841. The van der Waals surface area contributed by atoms with E-state index in [-0.39, 0.29) is 5.96 Å². The van der Waals surface area contributed by atoms with Gasteiger partial charge in [-0.1, -0.05) is 0 Å². The SMILES string of the molecule is [NH]C(N)=NCCCC(N)C(=O)O. The smallest absolute Gasteiger partial charge is 0.320 e. The van der Waals surface area contributed by atoms with Gasteiger partial charge in [0.1, 0.15) is 6.04 Å². The van der Waals surface area contributed by atoms with Crippen molar-refractivity contribution in [3.63, 3.8) is 0 Å². The van der Waals surface area contributed by atoms with E-state index in [0.717, 1.165) is 0 Å². The normalized spacial score (nSPS) is 14.2. The number of nitrogens with two attached hydrogens (primary N) is 2. The highest BCUT2D eigenvalue weighted by Gasteiger charge is 2.09. The molecule has 69 valence electrons. The molecule has 1 atom stereocenters. The molecule has 0 rings (SSSR count). The van der Waals surface area contributed by atoms with Crippen molar-refractivity contribution in [1.82, 2.24) is 5.73 Å². The third-order valence-corrected chi connectivity index (χ3v) is 1.27. The van der Waals surface area contributed by atoms with Gasteiger partial charge in [-0.2, -0.15) is 0 Å². The van der Waals surface area contributed by atoms with Gasteiger partial charge in [-0.15, -0.1) is 0 Å². The molecular weight excluding hydrogens is 160 g/mol. The summed E-state index contributed by atoms with van der Waals surface area (Å²) < 4.78 is 0. The molecule has 0 aromatic carbocycles. The molecule has 1 unspecified atom stereocenters. The molecule has 6 heteroatoms. The summed E-state index contributed by atoms with van der Waals surface area (Å²) in [6.07, 6.45) is 0.888. The highest BCUT2D eigenvalue weighted by atomic mass is 16.4. The number of nitrogens with one attached hydrogen (secondary N) is 1. The van der Waals surface area contributed by atoms with Gasteiger partial charge in [0.15, 0.2) is 0 Å². The van der Waals surface area contributed by atoms with Gasteiger partial charge >= 0.3 is 5.97 Å². The summed E-state index contributed by atoms with van der Waals surface area (Å²) >= 11 is 0. The maximum absolute atomic E-state index is 10.2. The van der Waals surface area contributed by atoms with Crippen LogP contribution in [0.3, 0.4) is 0 Å². The Kier molecular flexibility index (Phi) is 4.78. The minimum absolute atomic E-state index is 0.237. The fourth-order valence-corrected chi connectivity index (χ4v) is 0.634. The summed E-state index contributed by atoms with van der Waals surface area (Å²) in [6.45, 7) is 0.357. The maximum atomic E-state index is 10.2. The van der Waals surface area contributed by atoms with E-state index in [2.05, 4.69) is 4.99 Å². The van der Waals surface area contributed by atoms with Gasteiger partial charge in [0.25, 0.3) is 0 Å². The molecule has 0 aromatic heterocycles. The number of aliphatic carboxylic acids is 1. The van der Waals surface area contributed by atoms with Gasteiger partial charge in [-0.05, 0) is 12.8 Å². The molecule has 0 fully saturated rings. The zero-order valence-corrected chi connectivity index (χ0v) is 6.66. The zero-order chi connectivity index (χ0) is 9.56. The first-order valence-electron chi connectivity index (χ1n) is 3.54. The predicted molar refractivity (Wildman–Crippen MR) is 44.4 cm³/mol. The van der Waals surface area contributed by atoms with E-state index >= 15 is 0 Å². The van der Waals surface area contributed by atoms with Crippen LogP contribution in [0.25, 0.3) is 0 Å². The Hall–Kier alpha value is -1.30. The Morgan fingerprint density at radius 3 is 2.67 bits per heavy atom. The first-order valence-corrected chi connectivity index (χ1v) is 3.54. The van der Waals surface area contributed by atoms with E-state index in [1.54, 1.807) is 0 Å². The topological polar surface area (TPSA) is 126 Å². The van der Waals surface area contributed by atoms with E-state index in [1.807, 2.05) is 0 Å². The van der Waals surface area contributed by atoms with Crippen molar-refractivity contribution < 1.29 is 9.90 Å². The first kappa shape index (κ1) is 10.7. The van der Waals surface area contributed by atoms with E-state index in [4.69, 9.17) is 22.3 Å². The summed E-state index contributed by atoms with van der Waals surface area (Å²) in [5.41, 5.74) is 16.9. The summed E-state index contributed by atoms with van der Waals surface area (Å²) in [7, 11) is 0. The van der Waals surface area contributed by atoms with Crippen LogP contribution in [-0.4, -0.2) is 29.6 Å². The van der Waals surface area contributed by atoms with Crippen LogP contribution in [0.2, 0.25) is 0 Å². The Morgan fingerprint density at radius 2 is 2.25 bits per heavy atom. The van der Waals surface area contributed by atoms with Crippen LogP contribution in [0.4, 0.5) is 0 Å². The molecule has 6 nitrogen and oxygen atoms in total. The monoisotopic (exact) mass is 173 g/mol. The molecule has 0 aliphatic rings. The number of aliphatic imine (C=N–C) groups is 1. The van der Waals surface area contributed by atoms with Crippen LogP contribution < -0.4 is 17.2 Å². The first-order chi connectivity index (χ1) is 5.54. The summed E-state index contributed by atoms with van der Waals surface area (Å²) in [5, 5.41) is 8.37. The van der Waals surface area contributed by atoms with E-state index < -0.39 is 12.0 Å². The van der Waals surface area contributed by atoms with Gasteiger partial charge in [0, 0.05) is 6.54 Å². The quantitative estimate of drug-likeness (QED) is 0.273. The lowest BCUT2D eigenvalue weighted by atomic mass is 10.2. The molecule has 0 amide bonds. The molecule has 0 bridgehead atoms. The van der Waals surface area contributed by atoms with Crippen LogP contribution in [-0.2, 0) is 4.79 Å². The number of carboxylic acids is 1. The van der Waals surface area contributed by atoms with E-state index in [0.29, 0.717) is 19.4 Å². The fraction of sp³-hybridized carbons (Fsp3) is 0.667. The zero-order valence-electron chi connectivity index (χ0n) is 6.66. The minimum Gasteiger partial charge on any atom is -0.480 e. The summed E-state index contributed by atoms with van der Waals surface area (Å²) in [5.74, 6) is -1.25. The number of nitrogens with zero attached hydrogens (tertiary/aromatic N) is 1. The predicted octanol–water partition coefficient (Wildman–Crippen LogP) is -1.22. The average molecular weight is 173 g/mol. The van der Waals surface area contributed by atoms with Crippen LogP contribution in [0.15, 0.2) is 4.99 Å². The Labute approximate surface area is 70.4 Å². The molecule has 12 heavy (non-hydrogen) atoms. The van der Waals surface area contributed by atoms with Crippen molar-refractivity contribution in [2.24, 2.45) is 16.5 Å². The lowest BCUT2D eigenvalue weighted by molar-refractivity contribution is -0.138. The molecule has 1 radical (unpaired) electrons. The highest BCUT2D eigenvalue weighted by molar-refractivity contribution is 5.74. The number of carboxylic acid groups (broad SMARTS) is 1. The van der Waals surface area contributed by atoms with Crippen molar-refractivity contribution in [2.75, 3.05) is 6.54 Å². The van der Waals surface area contributed by atoms with Gasteiger partial charge in [0.05, 0.1) is 0 Å². The number of hydrogen-bond acceptors (Lipinski definition) is 3. The number of guanidine groups is 1. The summed E-state index contributed by atoms with van der Waals surface area (Å²) in [4.78, 5) is 13.8. The Morgan fingerprint density at radius 1 is 1.67 bits per heavy atom. The maximum Gasteiger partial charge on any atom is 0.320 e. The molecule has 0 saturated carbocycles. The molecule has 6 N–H and O–H groups in total. The van der Waals surface area contributed by atoms with Gasteiger partial charge in [0.2, 0.25) is 5.96 Å². The Bertz CT molecular complexity index is 176. The lowest BCUT2D eigenvalue weighted by Gasteiger charge is -2.03. The number of carbonyl (C=O) groups is 1. The van der Waals surface area contributed by atoms with E-state index in [1.165, 1.54) is 0 Å². The number of rotatable bonds is 5. The van der Waals surface area contributed by atoms with Crippen molar-refractivity contribution in [2.45, 2.75) is 18.9 Å². The minimum atomic E-state index is -1.02. The molecule has 0 saturated heterocycles.